The van der Waals surface area contributed by atoms with Crippen molar-refractivity contribution < 1.29 is 9.84 Å². The Balaban J connectivity index is 1.77. The highest BCUT2D eigenvalue weighted by Crippen LogP contribution is 2.32. The van der Waals surface area contributed by atoms with Crippen molar-refractivity contribution in [3.63, 3.8) is 0 Å². The maximum absolute atomic E-state index is 9.60. The molecule has 0 aliphatic carbocycles. The summed E-state index contributed by atoms with van der Waals surface area (Å²) >= 11 is 0. The van der Waals surface area contributed by atoms with E-state index in [4.69, 9.17) is 4.74 Å². The normalized spacial score (nSPS) is 24.3. The fraction of sp³-hybridized carbons (Fsp3) is 0.625. The van der Waals surface area contributed by atoms with Crippen molar-refractivity contribution in [2.24, 2.45) is 5.41 Å². The third-order valence-electron chi connectivity index (χ3n) is 4.25. The Morgan fingerprint density at radius 3 is 2.79 bits per heavy atom. The minimum absolute atomic E-state index is 0.116. The van der Waals surface area contributed by atoms with E-state index in [1.165, 1.54) is 6.42 Å². The predicted molar refractivity (Wildman–Crippen MR) is 77.4 cm³/mol. The van der Waals surface area contributed by atoms with E-state index in [0.717, 1.165) is 44.8 Å². The van der Waals surface area contributed by atoms with Crippen LogP contribution in [0.25, 0.3) is 0 Å². The van der Waals surface area contributed by atoms with Gasteiger partial charge >= 0.3 is 0 Å². The summed E-state index contributed by atoms with van der Waals surface area (Å²) in [4.78, 5) is 2.42. The van der Waals surface area contributed by atoms with E-state index >= 15 is 0 Å². The van der Waals surface area contributed by atoms with Gasteiger partial charge in [-0.2, -0.15) is 0 Å². The molecule has 0 radical (unpaired) electrons. The van der Waals surface area contributed by atoms with Gasteiger partial charge in [0.25, 0.3) is 0 Å². The molecular weight excluding hydrogens is 238 g/mol. The van der Waals surface area contributed by atoms with Gasteiger partial charge in [0.05, 0.1) is 0 Å². The Morgan fingerprint density at radius 2 is 2.11 bits per heavy atom. The maximum Gasteiger partial charge on any atom is 0.119 e. The van der Waals surface area contributed by atoms with Crippen molar-refractivity contribution in [1.82, 2.24) is 4.90 Å². The summed E-state index contributed by atoms with van der Waals surface area (Å²) in [6.45, 7) is 6.27. The van der Waals surface area contributed by atoms with Crippen LogP contribution in [0.1, 0.15) is 26.2 Å². The first-order valence-electron chi connectivity index (χ1n) is 7.29. The fourth-order valence-corrected chi connectivity index (χ4v) is 2.84. The molecule has 1 aliphatic heterocycles. The number of para-hydroxylation sites is 1. The van der Waals surface area contributed by atoms with Crippen molar-refractivity contribution in [3.05, 3.63) is 30.3 Å². The maximum atomic E-state index is 9.60. The van der Waals surface area contributed by atoms with E-state index in [9.17, 15) is 5.11 Å². The molecule has 1 saturated heterocycles. The lowest BCUT2D eigenvalue weighted by molar-refractivity contribution is 0.0242. The van der Waals surface area contributed by atoms with Crippen LogP contribution < -0.4 is 4.74 Å². The molecule has 106 valence electrons. The van der Waals surface area contributed by atoms with Gasteiger partial charge in [-0.15, -0.1) is 0 Å². The van der Waals surface area contributed by atoms with Gasteiger partial charge in [-0.1, -0.05) is 25.1 Å². The zero-order valence-electron chi connectivity index (χ0n) is 11.8. The molecule has 0 saturated carbocycles. The molecule has 1 N–H and O–H groups in total. The number of hydrogen-bond acceptors (Lipinski definition) is 3. The smallest absolute Gasteiger partial charge is 0.119 e. The van der Waals surface area contributed by atoms with E-state index in [0.29, 0.717) is 6.61 Å². The molecule has 3 nitrogen and oxygen atoms in total. The summed E-state index contributed by atoms with van der Waals surface area (Å²) in [6, 6.07) is 9.95. The predicted octanol–water partition coefficient (Wildman–Crippen LogP) is 2.55. The number of hydrogen-bond donors (Lipinski definition) is 1. The Bertz CT molecular complexity index is 362. The lowest BCUT2D eigenvalue weighted by atomic mass is 9.78. The molecule has 1 atom stereocenters. The molecule has 0 aromatic heterocycles. The summed E-state index contributed by atoms with van der Waals surface area (Å²) in [6.07, 6.45) is 3.38. The van der Waals surface area contributed by atoms with Gasteiger partial charge in [0.15, 0.2) is 0 Å². The van der Waals surface area contributed by atoms with E-state index in [1.807, 2.05) is 30.3 Å². The number of ether oxygens (including phenoxy) is 1. The van der Waals surface area contributed by atoms with Crippen LogP contribution >= 0.6 is 0 Å². The molecule has 3 heteroatoms. The average Bonchev–Trinajstić information content (AvgIpc) is 2.48. The number of aliphatic hydroxyl groups excluding tert-OH is 1. The lowest BCUT2D eigenvalue weighted by Gasteiger charge is -2.41. The topological polar surface area (TPSA) is 32.7 Å². The van der Waals surface area contributed by atoms with Crippen LogP contribution in [0.2, 0.25) is 0 Å². The number of nitrogens with zero attached hydrogens (tertiary/aromatic N) is 1. The van der Waals surface area contributed by atoms with Crippen LogP contribution in [0.3, 0.4) is 0 Å². The number of piperidine rings is 1. The van der Waals surface area contributed by atoms with Gasteiger partial charge < -0.3 is 9.84 Å². The van der Waals surface area contributed by atoms with E-state index in [2.05, 4.69) is 11.8 Å². The standard InChI is InChI=1S/C16H25NO2/c1-2-16(14-18)9-6-10-17(13-16)11-12-19-15-7-4-3-5-8-15/h3-5,7-8,18H,2,6,9-14H2,1H3. The van der Waals surface area contributed by atoms with Crippen molar-refractivity contribution in [1.29, 1.82) is 0 Å². The molecule has 1 unspecified atom stereocenters. The quantitative estimate of drug-likeness (QED) is 0.856. The summed E-state index contributed by atoms with van der Waals surface area (Å²) in [5.74, 6) is 0.934. The van der Waals surface area contributed by atoms with E-state index in [-0.39, 0.29) is 5.41 Å². The highest BCUT2D eigenvalue weighted by Gasteiger charge is 2.32. The molecule has 1 aliphatic rings. The number of benzene rings is 1. The highest BCUT2D eigenvalue weighted by molar-refractivity contribution is 5.20. The minimum Gasteiger partial charge on any atom is -0.492 e. The van der Waals surface area contributed by atoms with Crippen LogP contribution in [-0.2, 0) is 0 Å². The minimum atomic E-state index is 0.116. The molecule has 1 heterocycles. The zero-order valence-corrected chi connectivity index (χ0v) is 11.8. The van der Waals surface area contributed by atoms with Gasteiger partial charge in [-0.3, -0.25) is 4.90 Å². The largest absolute Gasteiger partial charge is 0.492 e. The van der Waals surface area contributed by atoms with Gasteiger partial charge in [0.2, 0.25) is 0 Å². The molecule has 1 aromatic rings. The van der Waals surface area contributed by atoms with Gasteiger partial charge in [0, 0.05) is 25.1 Å². The van der Waals surface area contributed by atoms with Crippen molar-refractivity contribution >= 4 is 0 Å². The average molecular weight is 263 g/mol. The second-order valence-electron chi connectivity index (χ2n) is 5.55. The molecule has 2 rings (SSSR count). The van der Waals surface area contributed by atoms with Crippen molar-refractivity contribution in [2.75, 3.05) is 32.8 Å². The number of aliphatic hydroxyl groups is 1. The second-order valence-corrected chi connectivity index (χ2v) is 5.55. The van der Waals surface area contributed by atoms with Crippen LogP contribution in [0.4, 0.5) is 0 Å². The Hall–Kier alpha value is -1.06. The van der Waals surface area contributed by atoms with Gasteiger partial charge in [-0.05, 0) is 37.9 Å². The first kappa shape index (κ1) is 14.4. The third kappa shape index (κ3) is 3.95. The Morgan fingerprint density at radius 1 is 1.32 bits per heavy atom. The van der Waals surface area contributed by atoms with Gasteiger partial charge in [0.1, 0.15) is 12.4 Å². The molecule has 0 bridgehead atoms. The van der Waals surface area contributed by atoms with Crippen LogP contribution in [-0.4, -0.2) is 42.9 Å². The Labute approximate surface area is 116 Å². The monoisotopic (exact) mass is 263 g/mol. The van der Waals surface area contributed by atoms with E-state index in [1.54, 1.807) is 0 Å². The van der Waals surface area contributed by atoms with E-state index < -0.39 is 0 Å². The second kappa shape index (κ2) is 6.92. The molecule has 1 fully saturated rings. The first-order valence-corrected chi connectivity index (χ1v) is 7.29. The highest BCUT2D eigenvalue weighted by atomic mass is 16.5. The lowest BCUT2D eigenvalue weighted by Crippen LogP contribution is -2.46. The van der Waals surface area contributed by atoms with Crippen LogP contribution in [0, 0.1) is 5.41 Å². The number of rotatable bonds is 6. The van der Waals surface area contributed by atoms with Crippen molar-refractivity contribution in [2.45, 2.75) is 26.2 Å². The molecule has 19 heavy (non-hydrogen) atoms. The SMILES string of the molecule is CCC1(CO)CCCN(CCOc2ccccc2)C1. The Kier molecular flexibility index (Phi) is 5.23. The third-order valence-corrected chi connectivity index (χ3v) is 4.25. The summed E-state index contributed by atoms with van der Waals surface area (Å²) in [5.41, 5.74) is 0.116. The molecular formula is C16H25NO2. The van der Waals surface area contributed by atoms with Crippen LogP contribution in [0.15, 0.2) is 30.3 Å². The summed E-state index contributed by atoms with van der Waals surface area (Å²) in [5, 5.41) is 9.60. The molecule has 0 spiro atoms. The molecule has 1 aromatic carbocycles. The zero-order chi connectivity index (χ0) is 13.6. The van der Waals surface area contributed by atoms with Crippen molar-refractivity contribution in [3.8, 4) is 5.75 Å². The first-order chi connectivity index (χ1) is 9.28. The number of likely N-dealkylation sites (tertiary alicyclic amines) is 1. The van der Waals surface area contributed by atoms with Gasteiger partial charge in [-0.25, -0.2) is 0 Å². The fourth-order valence-electron chi connectivity index (χ4n) is 2.84. The summed E-state index contributed by atoms with van der Waals surface area (Å²) in [7, 11) is 0. The molecule has 0 amide bonds. The van der Waals surface area contributed by atoms with Crippen LogP contribution in [0.5, 0.6) is 5.75 Å². The summed E-state index contributed by atoms with van der Waals surface area (Å²) < 4.78 is 5.74.